The predicted octanol–water partition coefficient (Wildman–Crippen LogP) is 3.49. The zero-order valence-corrected chi connectivity index (χ0v) is 11.6. The summed E-state index contributed by atoms with van der Waals surface area (Å²) in [5.41, 5.74) is 0. The number of carboxylic acids is 1. The van der Waals surface area contributed by atoms with Crippen molar-refractivity contribution in [1.29, 1.82) is 0 Å². The van der Waals surface area contributed by atoms with Gasteiger partial charge in [0.1, 0.15) is 0 Å². The largest absolute Gasteiger partial charge is 3.00 e. The summed E-state index contributed by atoms with van der Waals surface area (Å²) < 4.78 is 0. The molecule has 0 atom stereocenters. The maximum absolute atomic E-state index is 10.2. The van der Waals surface area contributed by atoms with Crippen molar-refractivity contribution in [3.8, 4) is 0 Å². The Morgan fingerprint density at radius 3 is 1.62 bits per heavy atom. The van der Waals surface area contributed by atoms with Gasteiger partial charge >= 0.3 is 23.3 Å². The van der Waals surface area contributed by atoms with Gasteiger partial charge in [-0.3, -0.25) is 4.79 Å². The van der Waals surface area contributed by atoms with Gasteiger partial charge in [-0.1, -0.05) is 58.3 Å². The fourth-order valence-corrected chi connectivity index (χ4v) is 1.59. The van der Waals surface area contributed by atoms with Gasteiger partial charge in [-0.2, -0.15) is 0 Å². The molecule has 0 spiro atoms. The van der Waals surface area contributed by atoms with Crippen molar-refractivity contribution in [2.45, 2.75) is 71.1 Å². The number of hydrogen-bond acceptors (Lipinski definition) is 1. The average molecular weight is 243 g/mol. The fraction of sp³-hybridized carbons (Fsp3) is 0.917. The van der Waals surface area contributed by atoms with Gasteiger partial charge in [0.05, 0.1) is 0 Å². The zero-order valence-electron chi connectivity index (χ0n) is 10.4. The number of aliphatic carboxylic acids is 1. The molecular formula is C12H24AlO3+. The van der Waals surface area contributed by atoms with Gasteiger partial charge in [-0.25, -0.2) is 0 Å². The Labute approximate surface area is 110 Å². The molecule has 0 rings (SSSR count). The van der Waals surface area contributed by atoms with Crippen LogP contribution < -0.4 is 0 Å². The van der Waals surface area contributed by atoms with E-state index < -0.39 is 5.97 Å². The van der Waals surface area contributed by atoms with Crippen LogP contribution in [0.1, 0.15) is 71.1 Å². The van der Waals surface area contributed by atoms with Crippen molar-refractivity contribution in [2.75, 3.05) is 0 Å². The van der Waals surface area contributed by atoms with Crippen LogP contribution >= 0.6 is 0 Å². The molecule has 0 aromatic carbocycles. The van der Waals surface area contributed by atoms with E-state index in [0.717, 1.165) is 12.8 Å². The van der Waals surface area contributed by atoms with E-state index in [1.54, 1.807) is 0 Å². The number of carboxylic acid groups (broad SMARTS) is 1. The second-order valence-corrected chi connectivity index (χ2v) is 3.97. The Kier molecular flexibility index (Phi) is 23.1. The molecule has 92 valence electrons. The van der Waals surface area contributed by atoms with Gasteiger partial charge < -0.3 is 10.6 Å². The van der Waals surface area contributed by atoms with Crippen molar-refractivity contribution in [3.63, 3.8) is 0 Å². The third kappa shape index (κ3) is 19.5. The maximum atomic E-state index is 10.2. The van der Waals surface area contributed by atoms with Crippen LogP contribution in [0, 0.1) is 0 Å². The first-order valence-electron chi connectivity index (χ1n) is 5.99. The number of unbranched alkanes of at least 4 members (excludes halogenated alkanes) is 8. The molecule has 16 heavy (non-hydrogen) atoms. The summed E-state index contributed by atoms with van der Waals surface area (Å²) in [6.07, 6.45) is 11.5. The van der Waals surface area contributed by atoms with Crippen LogP contribution in [0.25, 0.3) is 0 Å². The number of carbonyl (C=O) groups is 1. The molecule has 0 aliphatic rings. The Bertz CT molecular complexity index is 140. The molecule has 0 aliphatic heterocycles. The number of hydrogen-bond donors (Lipinski definition) is 1. The molecule has 0 radical (unpaired) electrons. The Balaban J connectivity index is -0.000000845. The molecule has 1 N–H and O–H groups in total. The summed E-state index contributed by atoms with van der Waals surface area (Å²) in [4.78, 5) is 10.2. The summed E-state index contributed by atoms with van der Waals surface area (Å²) >= 11 is 0. The van der Waals surface area contributed by atoms with E-state index in [1.807, 2.05) is 0 Å². The van der Waals surface area contributed by atoms with E-state index in [9.17, 15) is 4.79 Å². The topological polar surface area (TPSA) is 65.8 Å². The van der Waals surface area contributed by atoms with Gasteiger partial charge in [0.2, 0.25) is 0 Å². The van der Waals surface area contributed by atoms with Gasteiger partial charge in [0.25, 0.3) is 0 Å². The molecule has 0 aromatic rings. The van der Waals surface area contributed by atoms with Crippen LogP contribution in [0.5, 0.6) is 0 Å². The molecule has 0 saturated carbocycles. The van der Waals surface area contributed by atoms with E-state index in [0.29, 0.717) is 6.42 Å². The molecule has 0 fully saturated rings. The molecule has 0 aliphatic carbocycles. The molecule has 0 heterocycles. The van der Waals surface area contributed by atoms with E-state index in [2.05, 4.69) is 6.92 Å². The van der Waals surface area contributed by atoms with E-state index in [-0.39, 0.29) is 22.8 Å². The van der Waals surface area contributed by atoms with Gasteiger partial charge in [-0.05, 0) is 6.42 Å². The smallest absolute Gasteiger partial charge is 2.00 e. The second-order valence-electron chi connectivity index (χ2n) is 3.97. The van der Waals surface area contributed by atoms with Gasteiger partial charge in [0, 0.05) is 6.42 Å². The third-order valence-electron chi connectivity index (χ3n) is 2.49. The zero-order chi connectivity index (χ0) is 10.6. The monoisotopic (exact) mass is 243 g/mol. The quantitative estimate of drug-likeness (QED) is 0.471. The molecule has 0 unspecified atom stereocenters. The van der Waals surface area contributed by atoms with Crippen LogP contribution in [-0.4, -0.2) is 28.4 Å². The van der Waals surface area contributed by atoms with E-state index in [4.69, 9.17) is 5.11 Å². The van der Waals surface area contributed by atoms with E-state index >= 15 is 0 Å². The van der Waals surface area contributed by atoms with Crippen LogP contribution in [0.15, 0.2) is 0 Å². The van der Waals surface area contributed by atoms with E-state index in [1.165, 1.54) is 44.9 Å². The van der Waals surface area contributed by atoms with Crippen molar-refractivity contribution >= 4 is 23.3 Å². The van der Waals surface area contributed by atoms with Gasteiger partial charge in [-0.15, -0.1) is 0 Å². The molecule has 0 aromatic heterocycles. The standard InChI is InChI=1S/C12H24O2.Al.O/c1-2-3-4-5-6-7-8-9-10-11-12(13)14;;/h2-11H2,1H3,(H,13,14);;/q;+3;-2. The Morgan fingerprint density at radius 2 is 1.25 bits per heavy atom. The third-order valence-corrected chi connectivity index (χ3v) is 2.49. The summed E-state index contributed by atoms with van der Waals surface area (Å²) in [6.45, 7) is 2.23. The fourth-order valence-electron chi connectivity index (χ4n) is 1.59. The predicted molar refractivity (Wildman–Crippen MR) is 65.9 cm³/mol. The minimum absolute atomic E-state index is 0. The SMILES string of the molecule is CCCCCCCCCCCC(=O)O.[Al+3].[O-2]. The van der Waals surface area contributed by atoms with Crippen LogP contribution in [-0.2, 0) is 10.3 Å². The first-order valence-corrected chi connectivity index (χ1v) is 5.99. The first-order chi connectivity index (χ1) is 6.77. The van der Waals surface area contributed by atoms with Crippen LogP contribution in [0.2, 0.25) is 0 Å². The normalized spacial score (nSPS) is 9.06. The Hall–Kier alpha value is -0.0375. The molecule has 3 nitrogen and oxygen atoms in total. The van der Waals surface area contributed by atoms with Crippen molar-refractivity contribution < 1.29 is 15.4 Å². The number of rotatable bonds is 10. The summed E-state index contributed by atoms with van der Waals surface area (Å²) in [5, 5.41) is 8.41. The molecule has 0 amide bonds. The summed E-state index contributed by atoms with van der Waals surface area (Å²) in [5.74, 6) is -0.659. The van der Waals surface area contributed by atoms with Crippen LogP contribution in [0.4, 0.5) is 0 Å². The maximum Gasteiger partial charge on any atom is 3.00 e. The minimum atomic E-state index is -0.659. The van der Waals surface area contributed by atoms with Crippen LogP contribution in [0.3, 0.4) is 0 Å². The van der Waals surface area contributed by atoms with Crippen molar-refractivity contribution in [3.05, 3.63) is 0 Å². The Morgan fingerprint density at radius 1 is 0.875 bits per heavy atom. The second kappa shape index (κ2) is 17.4. The van der Waals surface area contributed by atoms with Gasteiger partial charge in [0.15, 0.2) is 0 Å². The first kappa shape index (κ1) is 21.3. The molecular weight excluding hydrogens is 219 g/mol. The molecule has 0 saturated heterocycles. The summed E-state index contributed by atoms with van der Waals surface area (Å²) in [7, 11) is 0. The van der Waals surface area contributed by atoms with Crippen molar-refractivity contribution in [2.24, 2.45) is 0 Å². The summed E-state index contributed by atoms with van der Waals surface area (Å²) in [6, 6.07) is 0. The van der Waals surface area contributed by atoms with Crippen molar-refractivity contribution in [1.82, 2.24) is 0 Å². The average Bonchev–Trinajstić information content (AvgIpc) is 2.15. The molecule has 0 bridgehead atoms. The minimum Gasteiger partial charge on any atom is -2.00 e. The molecule has 4 heteroatoms.